The first-order valence-corrected chi connectivity index (χ1v) is 3.78. The summed E-state index contributed by atoms with van der Waals surface area (Å²) in [6.45, 7) is 2.78. The summed E-state index contributed by atoms with van der Waals surface area (Å²) in [5.41, 5.74) is 3.80. The number of carbonyl (C=O) groups is 3. The number of imide groups is 1. The summed E-state index contributed by atoms with van der Waals surface area (Å²) in [6.07, 6.45) is 0. The van der Waals surface area contributed by atoms with Gasteiger partial charge in [-0.1, -0.05) is 0 Å². The number of hydrogen-bond acceptors (Lipinski definition) is 3. The minimum atomic E-state index is -1.27. The topological polar surface area (TPSA) is 92.5 Å². The van der Waals surface area contributed by atoms with E-state index in [9.17, 15) is 14.4 Å². The van der Waals surface area contributed by atoms with E-state index in [0.29, 0.717) is 0 Å². The molecule has 0 aromatic heterocycles. The van der Waals surface area contributed by atoms with Crippen LogP contribution in [0.3, 0.4) is 0 Å². The van der Waals surface area contributed by atoms with E-state index in [1.807, 2.05) is 0 Å². The van der Waals surface area contributed by atoms with E-state index < -0.39 is 23.4 Å². The third kappa shape index (κ3) is 1.34. The third-order valence-corrected chi connectivity index (χ3v) is 2.01. The van der Waals surface area contributed by atoms with Gasteiger partial charge >= 0.3 is 6.03 Å². The normalized spacial score (nSPS) is 17.5. The van der Waals surface area contributed by atoms with Crippen LogP contribution in [0.25, 0.3) is 0 Å². The van der Waals surface area contributed by atoms with Gasteiger partial charge in [0.15, 0.2) is 0 Å². The summed E-state index contributed by atoms with van der Waals surface area (Å²) < 4.78 is 0. The summed E-state index contributed by atoms with van der Waals surface area (Å²) in [4.78, 5) is 34.1. The van der Waals surface area contributed by atoms with Crippen LogP contribution in [0.15, 0.2) is 0 Å². The lowest BCUT2D eigenvalue weighted by Crippen LogP contribution is -2.56. The van der Waals surface area contributed by atoms with E-state index in [4.69, 9.17) is 5.73 Å². The van der Waals surface area contributed by atoms with Crippen molar-refractivity contribution in [1.29, 1.82) is 0 Å². The number of carbonyl (C=O) groups excluding carboxylic acids is 3. The van der Waals surface area contributed by atoms with Crippen molar-refractivity contribution < 1.29 is 14.4 Å². The Kier molecular flexibility index (Phi) is 1.99. The molecule has 0 radical (unpaired) electrons. The van der Waals surface area contributed by atoms with Gasteiger partial charge in [0.25, 0.3) is 5.91 Å². The van der Waals surface area contributed by atoms with Gasteiger partial charge in [0, 0.05) is 0 Å². The number of nitrogens with two attached hydrogens (primary N) is 1. The first kappa shape index (κ1) is 9.50. The summed E-state index contributed by atoms with van der Waals surface area (Å²) in [5.74, 6) is -1.15. The molecule has 1 aliphatic heterocycles. The lowest BCUT2D eigenvalue weighted by molar-refractivity contribution is -0.137. The van der Waals surface area contributed by atoms with Gasteiger partial charge in [-0.05, 0) is 13.8 Å². The maximum Gasteiger partial charge on any atom is 0.325 e. The van der Waals surface area contributed by atoms with Crippen molar-refractivity contribution in [2.75, 3.05) is 6.54 Å². The second-order valence-electron chi connectivity index (χ2n) is 3.31. The zero-order valence-electron chi connectivity index (χ0n) is 7.46. The highest BCUT2D eigenvalue weighted by molar-refractivity contribution is 6.06. The molecule has 0 unspecified atom stereocenters. The Morgan fingerprint density at radius 3 is 2.38 bits per heavy atom. The summed E-state index contributed by atoms with van der Waals surface area (Å²) >= 11 is 0. The average molecular weight is 185 g/mol. The molecule has 1 heterocycles. The predicted octanol–water partition coefficient (Wildman–Crippen LogP) is -1.20. The molecule has 1 aliphatic rings. The van der Waals surface area contributed by atoms with Crippen molar-refractivity contribution in [1.82, 2.24) is 10.2 Å². The fourth-order valence-electron chi connectivity index (χ4n) is 1.10. The van der Waals surface area contributed by atoms with Crippen LogP contribution >= 0.6 is 0 Å². The first-order chi connectivity index (χ1) is 5.87. The van der Waals surface area contributed by atoms with Gasteiger partial charge in [-0.2, -0.15) is 0 Å². The predicted molar refractivity (Wildman–Crippen MR) is 43.5 cm³/mol. The number of primary amides is 1. The Hall–Kier alpha value is -1.59. The maximum atomic E-state index is 11.2. The monoisotopic (exact) mass is 185 g/mol. The molecule has 6 nitrogen and oxygen atoms in total. The van der Waals surface area contributed by atoms with Gasteiger partial charge in [-0.15, -0.1) is 0 Å². The molecule has 1 saturated heterocycles. The van der Waals surface area contributed by atoms with Crippen molar-refractivity contribution in [3.05, 3.63) is 0 Å². The lowest BCUT2D eigenvalue weighted by atomic mass is 10.0. The Balaban J connectivity index is 2.99. The standard InChI is InChI=1S/C7H11N3O3/c1-7(2,5(8)12)10-4(11)3-9-6(10)13/h3H2,1-2H3,(H2,8,12)(H,9,13). The Bertz CT molecular complexity index is 269. The van der Waals surface area contributed by atoms with E-state index in [2.05, 4.69) is 5.32 Å². The van der Waals surface area contributed by atoms with Crippen LogP contribution in [0.4, 0.5) is 4.79 Å². The molecule has 0 spiro atoms. The highest BCUT2D eigenvalue weighted by atomic mass is 16.2. The molecule has 1 rings (SSSR count). The van der Waals surface area contributed by atoms with E-state index >= 15 is 0 Å². The molecule has 3 N–H and O–H groups in total. The van der Waals surface area contributed by atoms with E-state index in [1.165, 1.54) is 13.8 Å². The van der Waals surface area contributed by atoms with E-state index in [-0.39, 0.29) is 6.54 Å². The molecule has 13 heavy (non-hydrogen) atoms. The van der Waals surface area contributed by atoms with E-state index in [0.717, 1.165) is 4.90 Å². The highest BCUT2D eigenvalue weighted by Crippen LogP contribution is 2.16. The average Bonchev–Trinajstić information content (AvgIpc) is 2.30. The van der Waals surface area contributed by atoms with Crippen LogP contribution in [-0.4, -0.2) is 34.8 Å². The molecule has 0 aromatic carbocycles. The number of hydrogen-bond donors (Lipinski definition) is 2. The van der Waals surface area contributed by atoms with Crippen LogP contribution in [0, 0.1) is 0 Å². The van der Waals surface area contributed by atoms with Crippen molar-refractivity contribution in [3.63, 3.8) is 0 Å². The minimum Gasteiger partial charge on any atom is -0.368 e. The van der Waals surface area contributed by atoms with Gasteiger partial charge in [0.05, 0.1) is 6.54 Å². The molecule has 72 valence electrons. The van der Waals surface area contributed by atoms with Gasteiger partial charge in [0.1, 0.15) is 5.54 Å². The number of amides is 4. The number of urea groups is 1. The molecule has 0 aromatic rings. The molecule has 1 fully saturated rings. The Morgan fingerprint density at radius 2 is 2.08 bits per heavy atom. The number of rotatable bonds is 2. The fraction of sp³-hybridized carbons (Fsp3) is 0.571. The molecular weight excluding hydrogens is 174 g/mol. The Labute approximate surface area is 75.1 Å². The van der Waals surface area contributed by atoms with Crippen molar-refractivity contribution in [2.45, 2.75) is 19.4 Å². The third-order valence-electron chi connectivity index (χ3n) is 2.01. The second kappa shape index (κ2) is 2.72. The quantitative estimate of drug-likeness (QED) is 0.529. The summed E-state index contributed by atoms with van der Waals surface area (Å²) in [6, 6.07) is -0.575. The van der Waals surface area contributed by atoms with Crippen molar-refractivity contribution >= 4 is 17.8 Å². The van der Waals surface area contributed by atoms with Crippen LogP contribution in [0.2, 0.25) is 0 Å². The lowest BCUT2D eigenvalue weighted by Gasteiger charge is -2.29. The minimum absolute atomic E-state index is 0.0739. The fourth-order valence-corrected chi connectivity index (χ4v) is 1.10. The molecule has 6 heteroatoms. The summed E-state index contributed by atoms with van der Waals surface area (Å²) in [7, 11) is 0. The maximum absolute atomic E-state index is 11.2. The van der Waals surface area contributed by atoms with Crippen molar-refractivity contribution in [3.8, 4) is 0 Å². The zero-order chi connectivity index (χ0) is 10.2. The van der Waals surface area contributed by atoms with Crippen LogP contribution in [0.1, 0.15) is 13.8 Å². The van der Waals surface area contributed by atoms with Gasteiger partial charge in [0.2, 0.25) is 5.91 Å². The molecule has 0 aliphatic carbocycles. The van der Waals surface area contributed by atoms with Crippen molar-refractivity contribution in [2.24, 2.45) is 5.73 Å². The molecule has 0 saturated carbocycles. The SMILES string of the molecule is CC(C)(C(N)=O)N1C(=O)CNC1=O. The highest BCUT2D eigenvalue weighted by Gasteiger charge is 2.43. The molecule has 0 bridgehead atoms. The van der Waals surface area contributed by atoms with Gasteiger partial charge < -0.3 is 11.1 Å². The zero-order valence-corrected chi connectivity index (χ0v) is 7.46. The molecular formula is C7H11N3O3. The van der Waals surface area contributed by atoms with Gasteiger partial charge in [-0.3, -0.25) is 9.59 Å². The van der Waals surface area contributed by atoms with Gasteiger partial charge in [-0.25, -0.2) is 9.69 Å². The first-order valence-electron chi connectivity index (χ1n) is 3.78. The Morgan fingerprint density at radius 1 is 1.54 bits per heavy atom. The van der Waals surface area contributed by atoms with Crippen LogP contribution in [-0.2, 0) is 9.59 Å². The number of nitrogens with one attached hydrogen (secondary N) is 1. The van der Waals surface area contributed by atoms with Crippen LogP contribution < -0.4 is 11.1 Å². The number of nitrogens with zero attached hydrogens (tertiary/aromatic N) is 1. The van der Waals surface area contributed by atoms with Crippen LogP contribution in [0.5, 0.6) is 0 Å². The second-order valence-corrected chi connectivity index (χ2v) is 3.31. The molecule has 4 amide bonds. The summed E-state index contributed by atoms with van der Waals surface area (Å²) in [5, 5.41) is 2.31. The smallest absolute Gasteiger partial charge is 0.325 e. The largest absolute Gasteiger partial charge is 0.368 e. The molecule has 0 atom stereocenters. The van der Waals surface area contributed by atoms with E-state index in [1.54, 1.807) is 0 Å².